The van der Waals surface area contributed by atoms with Crippen LogP contribution in [0.5, 0.6) is 0 Å². The van der Waals surface area contributed by atoms with Gasteiger partial charge in [-0.15, -0.1) is 0 Å². The molecule has 1 heterocycles. The third-order valence-electron chi connectivity index (χ3n) is 3.72. The molecule has 0 saturated carbocycles. The van der Waals surface area contributed by atoms with Crippen LogP contribution in [0.1, 0.15) is 24.0 Å². The molecule has 0 aliphatic carbocycles. The van der Waals surface area contributed by atoms with E-state index in [0.29, 0.717) is 5.84 Å². The zero-order valence-electron chi connectivity index (χ0n) is 11.1. The summed E-state index contributed by atoms with van der Waals surface area (Å²) in [5.74, 6) is 0.558. The summed E-state index contributed by atoms with van der Waals surface area (Å²) < 4.78 is 0. The number of hydrogen-bond acceptors (Lipinski definition) is 3. The highest BCUT2D eigenvalue weighted by Crippen LogP contribution is 2.23. The van der Waals surface area contributed by atoms with Crippen molar-refractivity contribution in [2.45, 2.75) is 26.3 Å². The van der Waals surface area contributed by atoms with Gasteiger partial charge in [0.25, 0.3) is 0 Å². The van der Waals surface area contributed by atoms with E-state index in [9.17, 15) is 0 Å². The van der Waals surface area contributed by atoms with Crippen LogP contribution in [0.3, 0.4) is 0 Å². The summed E-state index contributed by atoms with van der Waals surface area (Å²) in [5.41, 5.74) is 7.99. The molecule has 1 fully saturated rings. The average Bonchev–Trinajstić information content (AvgIpc) is 2.42. The fourth-order valence-electron chi connectivity index (χ4n) is 2.49. The van der Waals surface area contributed by atoms with E-state index in [-0.39, 0.29) is 5.92 Å². The van der Waals surface area contributed by atoms with Crippen LogP contribution in [-0.2, 0) is 6.54 Å². The molecule has 1 aliphatic heterocycles. The normalized spacial score (nSPS) is 18.7. The van der Waals surface area contributed by atoms with Crippen molar-refractivity contribution in [3.05, 3.63) is 34.3 Å². The van der Waals surface area contributed by atoms with Gasteiger partial charge in [-0.25, -0.2) is 0 Å². The average molecular weight is 282 g/mol. The van der Waals surface area contributed by atoms with E-state index in [0.717, 1.165) is 43.1 Å². The molecule has 19 heavy (non-hydrogen) atoms. The Morgan fingerprint density at radius 1 is 1.47 bits per heavy atom. The molecule has 0 amide bonds. The molecule has 0 radical (unpaired) electrons. The Balaban J connectivity index is 1.92. The van der Waals surface area contributed by atoms with E-state index in [4.69, 9.17) is 22.5 Å². The van der Waals surface area contributed by atoms with Crippen LogP contribution in [-0.4, -0.2) is 29.0 Å². The Hall–Kier alpha value is -1.26. The van der Waals surface area contributed by atoms with Crippen molar-refractivity contribution in [1.82, 2.24) is 4.90 Å². The molecule has 0 atom stereocenters. The molecule has 0 aromatic heterocycles. The number of benzene rings is 1. The molecule has 4 nitrogen and oxygen atoms in total. The molecule has 0 spiro atoms. The first-order chi connectivity index (χ1) is 9.10. The Bertz CT molecular complexity index is 468. The van der Waals surface area contributed by atoms with E-state index >= 15 is 0 Å². The molecule has 0 bridgehead atoms. The number of halogens is 1. The topological polar surface area (TPSA) is 61.8 Å². The zero-order valence-corrected chi connectivity index (χ0v) is 11.9. The molecular weight excluding hydrogens is 262 g/mol. The van der Waals surface area contributed by atoms with Crippen LogP contribution in [0.25, 0.3) is 0 Å². The van der Waals surface area contributed by atoms with Crippen molar-refractivity contribution in [2.75, 3.05) is 13.1 Å². The van der Waals surface area contributed by atoms with Gasteiger partial charge in [0.15, 0.2) is 0 Å². The second kappa shape index (κ2) is 6.26. The van der Waals surface area contributed by atoms with Crippen LogP contribution in [0.15, 0.2) is 23.4 Å². The number of nitrogens with zero attached hydrogens (tertiary/aromatic N) is 2. The lowest BCUT2D eigenvalue weighted by Gasteiger charge is -2.31. The molecule has 1 saturated heterocycles. The van der Waals surface area contributed by atoms with Gasteiger partial charge in [-0.2, -0.15) is 0 Å². The molecule has 1 aromatic carbocycles. The predicted molar refractivity (Wildman–Crippen MR) is 77.6 cm³/mol. The quantitative estimate of drug-likeness (QED) is 0.387. The minimum absolute atomic E-state index is 0.203. The third kappa shape index (κ3) is 3.61. The molecule has 1 aromatic rings. The van der Waals surface area contributed by atoms with Gasteiger partial charge in [0.2, 0.25) is 0 Å². The van der Waals surface area contributed by atoms with Crippen molar-refractivity contribution in [1.29, 1.82) is 0 Å². The van der Waals surface area contributed by atoms with Crippen LogP contribution in [0, 0.1) is 12.8 Å². The first-order valence-corrected chi connectivity index (χ1v) is 6.92. The number of likely N-dealkylation sites (tertiary alicyclic amines) is 1. The van der Waals surface area contributed by atoms with Crippen LogP contribution >= 0.6 is 11.6 Å². The van der Waals surface area contributed by atoms with E-state index < -0.39 is 0 Å². The van der Waals surface area contributed by atoms with Gasteiger partial charge >= 0.3 is 0 Å². The van der Waals surface area contributed by atoms with Crippen LogP contribution in [0.2, 0.25) is 5.02 Å². The summed E-state index contributed by atoms with van der Waals surface area (Å²) in [7, 11) is 0. The predicted octanol–water partition coefficient (Wildman–Crippen LogP) is 2.61. The maximum Gasteiger partial charge on any atom is 0.142 e. The number of piperidine rings is 1. The lowest BCUT2D eigenvalue weighted by molar-refractivity contribution is 0.198. The Labute approximate surface area is 118 Å². The van der Waals surface area contributed by atoms with Crippen molar-refractivity contribution in [2.24, 2.45) is 16.8 Å². The molecule has 0 unspecified atom stereocenters. The highest BCUT2D eigenvalue weighted by Gasteiger charge is 2.22. The third-order valence-corrected chi connectivity index (χ3v) is 4.08. The summed E-state index contributed by atoms with van der Waals surface area (Å²) in [6.07, 6.45) is 1.86. The van der Waals surface area contributed by atoms with E-state index in [1.54, 1.807) is 0 Å². The van der Waals surface area contributed by atoms with E-state index in [2.05, 4.69) is 22.2 Å². The van der Waals surface area contributed by atoms with Crippen LogP contribution in [0.4, 0.5) is 0 Å². The van der Waals surface area contributed by atoms with Crippen molar-refractivity contribution in [3.63, 3.8) is 0 Å². The first kappa shape index (κ1) is 14.2. The number of nitrogens with two attached hydrogens (primary N) is 1. The maximum absolute atomic E-state index is 8.68. The number of amidine groups is 1. The summed E-state index contributed by atoms with van der Waals surface area (Å²) in [5, 5.41) is 12.6. The Kier molecular flexibility index (Phi) is 4.66. The van der Waals surface area contributed by atoms with E-state index in [1.165, 1.54) is 5.56 Å². The number of rotatable bonds is 3. The van der Waals surface area contributed by atoms with Gasteiger partial charge < -0.3 is 10.9 Å². The second-order valence-electron chi connectivity index (χ2n) is 5.17. The van der Waals surface area contributed by atoms with Gasteiger partial charge in [-0.1, -0.05) is 28.9 Å². The van der Waals surface area contributed by atoms with Gasteiger partial charge in [0.05, 0.1) is 0 Å². The molecule has 104 valence electrons. The van der Waals surface area contributed by atoms with Crippen molar-refractivity contribution < 1.29 is 5.21 Å². The Morgan fingerprint density at radius 2 is 2.16 bits per heavy atom. The lowest BCUT2D eigenvalue weighted by atomic mass is 9.95. The monoisotopic (exact) mass is 281 g/mol. The van der Waals surface area contributed by atoms with Gasteiger partial charge in [-0.05, 0) is 50.0 Å². The molecule has 1 aliphatic rings. The van der Waals surface area contributed by atoms with Crippen LogP contribution < -0.4 is 5.73 Å². The second-order valence-corrected chi connectivity index (χ2v) is 5.58. The summed E-state index contributed by atoms with van der Waals surface area (Å²) in [6.45, 7) is 4.80. The van der Waals surface area contributed by atoms with Gasteiger partial charge in [0.1, 0.15) is 5.84 Å². The first-order valence-electron chi connectivity index (χ1n) is 6.55. The molecule has 2 rings (SSSR count). The van der Waals surface area contributed by atoms with Crippen molar-refractivity contribution >= 4 is 17.4 Å². The van der Waals surface area contributed by atoms with Crippen molar-refractivity contribution in [3.8, 4) is 0 Å². The standard InChI is InChI=1S/C14H20ClN3O/c1-10-2-3-12(13(15)8-10)9-18-6-4-11(5-7-18)14(16)17-19/h2-3,8,11,19H,4-7,9H2,1H3,(H2,16,17). The van der Waals surface area contributed by atoms with E-state index in [1.807, 2.05) is 13.0 Å². The number of aryl methyl sites for hydroxylation is 1. The minimum atomic E-state index is 0.203. The minimum Gasteiger partial charge on any atom is -0.409 e. The summed E-state index contributed by atoms with van der Waals surface area (Å²) in [4.78, 5) is 2.36. The summed E-state index contributed by atoms with van der Waals surface area (Å²) in [6, 6.07) is 6.18. The number of oxime groups is 1. The zero-order chi connectivity index (χ0) is 13.8. The highest BCUT2D eigenvalue weighted by atomic mass is 35.5. The molecule has 5 heteroatoms. The van der Waals surface area contributed by atoms with Gasteiger partial charge in [-0.3, -0.25) is 4.90 Å². The fraction of sp³-hybridized carbons (Fsp3) is 0.500. The maximum atomic E-state index is 8.68. The summed E-state index contributed by atoms with van der Waals surface area (Å²) >= 11 is 6.25. The SMILES string of the molecule is Cc1ccc(CN2CCC(/C(N)=N/O)CC2)c(Cl)c1. The smallest absolute Gasteiger partial charge is 0.142 e. The highest BCUT2D eigenvalue weighted by molar-refractivity contribution is 6.31. The lowest BCUT2D eigenvalue weighted by Crippen LogP contribution is -2.38. The number of hydrogen-bond donors (Lipinski definition) is 2. The van der Waals surface area contributed by atoms with Gasteiger partial charge in [0, 0.05) is 17.5 Å². The largest absolute Gasteiger partial charge is 0.409 e. The Morgan fingerprint density at radius 3 is 2.74 bits per heavy atom. The fourth-order valence-corrected chi connectivity index (χ4v) is 2.78. The molecular formula is C14H20ClN3O. The molecule has 3 N–H and O–H groups in total.